The maximum Gasteiger partial charge on any atom is 0.271 e. The number of anilines is 1. The van der Waals surface area contributed by atoms with Crippen molar-refractivity contribution in [2.24, 2.45) is 0 Å². The molecule has 1 N–H and O–H groups in total. The summed E-state index contributed by atoms with van der Waals surface area (Å²) < 4.78 is 19.0. The Morgan fingerprint density at radius 1 is 1.31 bits per heavy atom. The summed E-state index contributed by atoms with van der Waals surface area (Å²) in [5, 5.41) is 17.4. The van der Waals surface area contributed by atoms with Crippen molar-refractivity contribution in [1.29, 1.82) is 0 Å². The van der Waals surface area contributed by atoms with E-state index in [9.17, 15) is 19.3 Å². The second-order valence-electron chi connectivity index (χ2n) is 5.32. The minimum atomic E-state index is -0.808. The number of benzene rings is 2. The van der Waals surface area contributed by atoms with Crippen molar-refractivity contribution in [3.63, 3.8) is 0 Å². The molecule has 0 bridgehead atoms. The Bertz CT molecular complexity index is 1020. The molecule has 0 atom stereocenters. The number of nitro groups is 1. The number of hydrogen-bond donors (Lipinski definition) is 1. The summed E-state index contributed by atoms with van der Waals surface area (Å²) in [5.41, 5.74) is 0.0427. The molecular weight excluding hydrogens is 365 g/mol. The number of carbonyl (C=O) groups is 1. The topological polar surface area (TPSA) is 98.3 Å². The van der Waals surface area contributed by atoms with Crippen molar-refractivity contribution in [3.05, 3.63) is 74.7 Å². The van der Waals surface area contributed by atoms with Gasteiger partial charge in [-0.15, -0.1) is 0 Å². The van der Waals surface area contributed by atoms with Crippen LogP contribution in [0.25, 0.3) is 11.3 Å². The van der Waals surface area contributed by atoms with E-state index in [1.165, 1.54) is 6.92 Å². The van der Waals surface area contributed by atoms with Gasteiger partial charge in [-0.1, -0.05) is 35.0 Å². The van der Waals surface area contributed by atoms with Gasteiger partial charge in [0, 0.05) is 17.7 Å². The lowest BCUT2D eigenvalue weighted by Gasteiger charge is -2.07. The SMILES string of the molecule is Cc1onc(-c2ccccc2Cl)c1C(=O)Nc1cc([N+](=O)[O-])ccc1F. The quantitative estimate of drug-likeness (QED) is 0.530. The van der Waals surface area contributed by atoms with E-state index < -0.39 is 16.6 Å². The van der Waals surface area contributed by atoms with Crippen LogP contribution < -0.4 is 5.32 Å². The Kier molecular flexibility index (Phi) is 4.68. The monoisotopic (exact) mass is 375 g/mol. The summed E-state index contributed by atoms with van der Waals surface area (Å²) in [7, 11) is 0. The van der Waals surface area contributed by atoms with E-state index in [1.807, 2.05) is 0 Å². The Morgan fingerprint density at radius 2 is 2.04 bits per heavy atom. The van der Waals surface area contributed by atoms with Crippen molar-refractivity contribution in [1.82, 2.24) is 5.16 Å². The first-order valence-corrected chi connectivity index (χ1v) is 7.72. The van der Waals surface area contributed by atoms with Crippen molar-refractivity contribution < 1.29 is 18.6 Å². The highest BCUT2D eigenvalue weighted by molar-refractivity contribution is 6.33. The Hall–Kier alpha value is -3.26. The smallest absolute Gasteiger partial charge is 0.271 e. The van der Waals surface area contributed by atoms with Gasteiger partial charge in [0.15, 0.2) is 0 Å². The van der Waals surface area contributed by atoms with E-state index in [0.717, 1.165) is 18.2 Å². The Morgan fingerprint density at radius 3 is 2.73 bits per heavy atom. The molecule has 0 spiro atoms. The zero-order valence-electron chi connectivity index (χ0n) is 13.3. The number of halogens is 2. The molecule has 1 amide bonds. The Labute approximate surface area is 151 Å². The summed E-state index contributed by atoms with van der Waals surface area (Å²) in [4.78, 5) is 22.8. The minimum Gasteiger partial charge on any atom is -0.360 e. The number of carbonyl (C=O) groups excluding carboxylic acids is 1. The van der Waals surface area contributed by atoms with Crippen LogP contribution in [0.2, 0.25) is 5.02 Å². The first kappa shape index (κ1) is 17.6. The predicted octanol–water partition coefficient (Wildman–Crippen LogP) is 4.60. The molecule has 0 aliphatic heterocycles. The van der Waals surface area contributed by atoms with E-state index in [-0.39, 0.29) is 28.4 Å². The zero-order valence-corrected chi connectivity index (χ0v) is 14.1. The Balaban J connectivity index is 2.00. The summed E-state index contributed by atoms with van der Waals surface area (Å²) in [6, 6.07) is 9.57. The number of hydrogen-bond acceptors (Lipinski definition) is 5. The van der Waals surface area contributed by atoms with Crippen LogP contribution in [0.15, 0.2) is 47.0 Å². The molecule has 26 heavy (non-hydrogen) atoms. The predicted molar refractivity (Wildman–Crippen MR) is 92.7 cm³/mol. The zero-order chi connectivity index (χ0) is 18.8. The van der Waals surface area contributed by atoms with Crippen LogP contribution in [-0.4, -0.2) is 16.0 Å². The van der Waals surface area contributed by atoms with E-state index in [4.69, 9.17) is 16.1 Å². The molecule has 132 valence electrons. The van der Waals surface area contributed by atoms with Crippen molar-refractivity contribution in [2.45, 2.75) is 6.92 Å². The number of nitrogens with one attached hydrogen (secondary N) is 1. The summed E-state index contributed by atoms with van der Waals surface area (Å²) in [6.07, 6.45) is 0. The molecule has 0 aliphatic carbocycles. The van der Waals surface area contributed by atoms with E-state index in [1.54, 1.807) is 24.3 Å². The van der Waals surface area contributed by atoms with Crippen molar-refractivity contribution in [2.75, 3.05) is 5.32 Å². The van der Waals surface area contributed by atoms with Gasteiger partial charge in [-0.3, -0.25) is 14.9 Å². The molecule has 1 aromatic heterocycles. The number of amides is 1. The van der Waals surface area contributed by atoms with Gasteiger partial charge in [0.05, 0.1) is 15.6 Å². The van der Waals surface area contributed by atoms with Crippen LogP contribution in [0.5, 0.6) is 0 Å². The first-order chi connectivity index (χ1) is 12.4. The minimum absolute atomic E-state index is 0.0593. The largest absolute Gasteiger partial charge is 0.360 e. The van der Waals surface area contributed by atoms with Crippen LogP contribution in [0.3, 0.4) is 0 Å². The fourth-order valence-electron chi connectivity index (χ4n) is 2.38. The lowest BCUT2D eigenvalue weighted by atomic mass is 10.1. The molecule has 0 aliphatic rings. The molecule has 3 rings (SSSR count). The van der Waals surface area contributed by atoms with Gasteiger partial charge in [0.1, 0.15) is 22.8 Å². The van der Waals surface area contributed by atoms with Gasteiger partial charge < -0.3 is 9.84 Å². The lowest BCUT2D eigenvalue weighted by Crippen LogP contribution is -2.14. The molecular formula is C17H11ClFN3O4. The van der Waals surface area contributed by atoms with Gasteiger partial charge in [-0.2, -0.15) is 0 Å². The number of nitrogens with zero attached hydrogens (tertiary/aromatic N) is 2. The van der Waals surface area contributed by atoms with Gasteiger partial charge >= 0.3 is 0 Å². The molecule has 0 radical (unpaired) electrons. The molecule has 7 nitrogen and oxygen atoms in total. The fourth-order valence-corrected chi connectivity index (χ4v) is 2.61. The maximum atomic E-state index is 13.9. The lowest BCUT2D eigenvalue weighted by molar-refractivity contribution is -0.384. The highest BCUT2D eigenvalue weighted by atomic mass is 35.5. The second kappa shape index (κ2) is 6.93. The third-order valence-corrected chi connectivity index (χ3v) is 3.96. The maximum absolute atomic E-state index is 13.9. The number of rotatable bonds is 4. The fraction of sp³-hybridized carbons (Fsp3) is 0.0588. The van der Waals surface area contributed by atoms with Crippen molar-refractivity contribution >= 4 is 28.9 Å². The van der Waals surface area contributed by atoms with Crippen molar-refractivity contribution in [3.8, 4) is 11.3 Å². The number of aryl methyl sites for hydroxylation is 1. The van der Waals surface area contributed by atoms with Gasteiger partial charge in [-0.05, 0) is 19.1 Å². The second-order valence-corrected chi connectivity index (χ2v) is 5.72. The molecule has 0 fully saturated rings. The van der Waals surface area contributed by atoms with Crippen LogP contribution in [-0.2, 0) is 0 Å². The molecule has 3 aromatic rings. The average molecular weight is 376 g/mol. The molecule has 0 unspecified atom stereocenters. The average Bonchev–Trinajstić information content (AvgIpc) is 2.98. The van der Waals surface area contributed by atoms with Gasteiger partial charge in [0.2, 0.25) is 0 Å². The van der Waals surface area contributed by atoms with E-state index in [2.05, 4.69) is 10.5 Å². The normalized spacial score (nSPS) is 10.6. The van der Waals surface area contributed by atoms with Crippen LogP contribution in [0.4, 0.5) is 15.8 Å². The van der Waals surface area contributed by atoms with Crippen LogP contribution >= 0.6 is 11.6 Å². The standard InChI is InChI=1S/C17H11ClFN3O4/c1-9-15(16(21-26-9)11-4-2-3-5-12(11)18)17(23)20-14-8-10(22(24)25)6-7-13(14)19/h2-8H,1H3,(H,20,23). The highest BCUT2D eigenvalue weighted by Crippen LogP contribution is 2.32. The first-order valence-electron chi connectivity index (χ1n) is 7.35. The molecule has 2 aromatic carbocycles. The van der Waals surface area contributed by atoms with Crippen LogP contribution in [0.1, 0.15) is 16.1 Å². The van der Waals surface area contributed by atoms with E-state index in [0.29, 0.717) is 10.6 Å². The molecule has 0 saturated carbocycles. The third kappa shape index (κ3) is 3.27. The summed E-state index contributed by atoms with van der Waals surface area (Å²) in [6.45, 7) is 1.52. The summed E-state index contributed by atoms with van der Waals surface area (Å²) >= 11 is 6.14. The number of aromatic nitrogens is 1. The molecule has 1 heterocycles. The highest BCUT2D eigenvalue weighted by Gasteiger charge is 2.24. The third-order valence-electron chi connectivity index (χ3n) is 3.63. The molecule has 9 heteroatoms. The summed E-state index contributed by atoms with van der Waals surface area (Å²) in [5.74, 6) is -1.33. The van der Waals surface area contributed by atoms with Gasteiger partial charge in [0.25, 0.3) is 11.6 Å². The van der Waals surface area contributed by atoms with Crippen LogP contribution in [0, 0.1) is 22.9 Å². The number of non-ortho nitro benzene ring substituents is 1. The molecule has 0 saturated heterocycles. The number of nitro benzene ring substituents is 1. The van der Waals surface area contributed by atoms with Gasteiger partial charge in [-0.25, -0.2) is 4.39 Å². The van der Waals surface area contributed by atoms with E-state index >= 15 is 0 Å².